The number of hydrogen-bond acceptors (Lipinski definition) is 2. The minimum absolute atomic E-state index is 0.104. The van der Waals surface area contributed by atoms with E-state index in [-0.39, 0.29) is 5.56 Å². The summed E-state index contributed by atoms with van der Waals surface area (Å²) in [5.41, 5.74) is 2.91. The summed E-state index contributed by atoms with van der Waals surface area (Å²) >= 11 is 0. The van der Waals surface area contributed by atoms with Gasteiger partial charge in [-0.25, -0.2) is 4.68 Å². The van der Waals surface area contributed by atoms with Crippen LogP contribution in [0.5, 0.6) is 0 Å². The summed E-state index contributed by atoms with van der Waals surface area (Å²) < 4.78 is 1.54. The molecule has 4 aromatic rings. The van der Waals surface area contributed by atoms with Crippen LogP contribution in [-0.2, 0) is 0 Å². The zero-order valence-corrected chi connectivity index (χ0v) is 13.8. The number of aryl methyl sites for hydroxylation is 1. The van der Waals surface area contributed by atoms with Crippen molar-refractivity contribution in [2.45, 2.75) is 6.92 Å². The molecule has 0 aliphatic carbocycles. The van der Waals surface area contributed by atoms with E-state index in [1.165, 1.54) is 0 Å². The minimum Gasteiger partial charge on any atom is -0.295 e. The van der Waals surface area contributed by atoms with Crippen molar-refractivity contribution >= 4 is 22.7 Å². The second-order valence-electron chi connectivity index (χ2n) is 5.88. The van der Waals surface area contributed by atoms with Crippen LogP contribution in [0.15, 0.2) is 82.6 Å². The van der Waals surface area contributed by atoms with Crippen molar-refractivity contribution in [1.29, 1.82) is 0 Å². The molecule has 4 rings (SSSR count). The van der Waals surface area contributed by atoms with E-state index in [9.17, 15) is 4.79 Å². The van der Waals surface area contributed by atoms with Gasteiger partial charge in [0, 0.05) is 17.3 Å². The van der Waals surface area contributed by atoms with E-state index in [0.29, 0.717) is 5.56 Å². The second kappa shape index (κ2) is 6.24. The Morgan fingerprint density at radius 1 is 0.920 bits per heavy atom. The number of rotatable bonds is 3. The third kappa shape index (κ3) is 2.78. The molecule has 0 aliphatic heterocycles. The van der Waals surface area contributed by atoms with Crippen molar-refractivity contribution < 1.29 is 0 Å². The van der Waals surface area contributed by atoms with Gasteiger partial charge >= 0.3 is 0 Å². The van der Waals surface area contributed by atoms with Gasteiger partial charge in [0.2, 0.25) is 0 Å². The number of benzene rings is 3. The van der Waals surface area contributed by atoms with Gasteiger partial charge in [-0.15, -0.1) is 0 Å². The summed E-state index contributed by atoms with van der Waals surface area (Å²) in [6.45, 7) is 1.88. The predicted octanol–water partition coefficient (Wildman–Crippen LogP) is 4.38. The van der Waals surface area contributed by atoms with Crippen molar-refractivity contribution in [1.82, 2.24) is 9.78 Å². The number of para-hydroxylation sites is 1. The molecule has 0 saturated carbocycles. The molecule has 4 nitrogen and oxygen atoms in total. The van der Waals surface area contributed by atoms with Crippen LogP contribution in [0, 0.1) is 6.92 Å². The molecule has 0 saturated heterocycles. The number of H-pyrrole nitrogens is 1. The molecule has 0 amide bonds. The number of fused-ring (bicyclic) bond motifs is 1. The maximum atomic E-state index is 12.7. The maximum absolute atomic E-state index is 12.7. The fourth-order valence-corrected chi connectivity index (χ4v) is 2.93. The summed E-state index contributed by atoms with van der Waals surface area (Å²) in [6, 6.07) is 23.6. The SMILES string of the molecule is Cc1[nH]n(-c2ccccc2)c(=O)c1C=Nc1cccc2ccccc12. The van der Waals surface area contributed by atoms with E-state index in [1.807, 2.05) is 67.6 Å². The molecule has 122 valence electrons. The van der Waals surface area contributed by atoms with Crippen molar-refractivity contribution in [3.8, 4) is 5.69 Å². The number of hydrogen-bond donors (Lipinski definition) is 1. The molecule has 1 N–H and O–H groups in total. The van der Waals surface area contributed by atoms with Gasteiger partial charge in [0.25, 0.3) is 5.56 Å². The average Bonchev–Trinajstić information content (AvgIpc) is 2.94. The van der Waals surface area contributed by atoms with Crippen LogP contribution in [-0.4, -0.2) is 16.0 Å². The Morgan fingerprint density at radius 2 is 1.64 bits per heavy atom. The molecular weight excluding hydrogens is 310 g/mol. The molecule has 0 atom stereocenters. The third-order valence-electron chi connectivity index (χ3n) is 4.23. The highest BCUT2D eigenvalue weighted by atomic mass is 16.1. The zero-order valence-electron chi connectivity index (χ0n) is 13.8. The molecule has 4 heteroatoms. The largest absolute Gasteiger partial charge is 0.295 e. The van der Waals surface area contributed by atoms with Gasteiger partial charge in [0.05, 0.1) is 16.9 Å². The monoisotopic (exact) mass is 327 g/mol. The van der Waals surface area contributed by atoms with Crippen molar-refractivity contribution in [3.63, 3.8) is 0 Å². The summed E-state index contributed by atoms with van der Waals surface area (Å²) in [5.74, 6) is 0. The Morgan fingerprint density at radius 3 is 2.48 bits per heavy atom. The first kappa shape index (κ1) is 15.1. The molecule has 1 aromatic heterocycles. The van der Waals surface area contributed by atoms with Crippen LogP contribution >= 0.6 is 0 Å². The zero-order chi connectivity index (χ0) is 17.2. The lowest BCUT2D eigenvalue weighted by atomic mass is 10.1. The summed E-state index contributed by atoms with van der Waals surface area (Å²) in [5, 5.41) is 5.31. The standard InChI is InChI=1S/C21H17N3O/c1-15-19(21(25)24(23-15)17-10-3-2-4-11-17)14-22-20-13-7-9-16-8-5-6-12-18(16)20/h2-14,23H,1H3. The predicted molar refractivity (Wildman–Crippen MR) is 102 cm³/mol. The first-order valence-electron chi connectivity index (χ1n) is 8.13. The lowest BCUT2D eigenvalue weighted by Gasteiger charge is -2.00. The maximum Gasteiger partial charge on any atom is 0.280 e. The summed E-state index contributed by atoms with van der Waals surface area (Å²) in [7, 11) is 0. The van der Waals surface area contributed by atoms with E-state index in [2.05, 4.69) is 22.2 Å². The fraction of sp³-hybridized carbons (Fsp3) is 0.0476. The van der Waals surface area contributed by atoms with E-state index < -0.39 is 0 Å². The molecule has 0 bridgehead atoms. The Hall–Kier alpha value is -3.40. The van der Waals surface area contributed by atoms with Crippen LogP contribution in [0.4, 0.5) is 5.69 Å². The Labute approximate surface area is 145 Å². The fourth-order valence-electron chi connectivity index (χ4n) is 2.93. The molecule has 0 fully saturated rings. The lowest BCUT2D eigenvalue weighted by Crippen LogP contribution is -2.17. The van der Waals surface area contributed by atoms with Crippen LogP contribution in [0.3, 0.4) is 0 Å². The van der Waals surface area contributed by atoms with Crippen LogP contribution in [0.1, 0.15) is 11.3 Å². The van der Waals surface area contributed by atoms with Gasteiger partial charge in [0.1, 0.15) is 0 Å². The lowest BCUT2D eigenvalue weighted by molar-refractivity contribution is 0.835. The van der Waals surface area contributed by atoms with Crippen LogP contribution in [0.2, 0.25) is 0 Å². The molecule has 3 aromatic carbocycles. The Bertz CT molecular complexity index is 1120. The molecule has 1 heterocycles. The highest BCUT2D eigenvalue weighted by Crippen LogP contribution is 2.25. The van der Waals surface area contributed by atoms with E-state index >= 15 is 0 Å². The highest BCUT2D eigenvalue weighted by Gasteiger charge is 2.10. The summed E-state index contributed by atoms with van der Waals surface area (Å²) in [4.78, 5) is 17.3. The molecule has 0 unspecified atom stereocenters. The highest BCUT2D eigenvalue weighted by molar-refractivity contribution is 5.95. The van der Waals surface area contributed by atoms with E-state index in [4.69, 9.17) is 0 Å². The normalized spacial score (nSPS) is 11.4. The van der Waals surface area contributed by atoms with Crippen LogP contribution < -0.4 is 5.56 Å². The van der Waals surface area contributed by atoms with E-state index in [1.54, 1.807) is 10.9 Å². The Balaban J connectivity index is 1.77. The first-order valence-corrected chi connectivity index (χ1v) is 8.13. The third-order valence-corrected chi connectivity index (χ3v) is 4.23. The number of aromatic nitrogens is 2. The number of aliphatic imine (C=N–C) groups is 1. The number of nitrogens with one attached hydrogen (secondary N) is 1. The van der Waals surface area contributed by atoms with E-state index in [0.717, 1.165) is 27.8 Å². The molecule has 0 aliphatic rings. The number of nitrogens with zero attached hydrogens (tertiary/aromatic N) is 2. The Kier molecular flexibility index (Phi) is 3.78. The topological polar surface area (TPSA) is 50.1 Å². The minimum atomic E-state index is -0.104. The van der Waals surface area contributed by atoms with Gasteiger partial charge in [-0.2, -0.15) is 0 Å². The van der Waals surface area contributed by atoms with Gasteiger partial charge in [0.15, 0.2) is 0 Å². The smallest absolute Gasteiger partial charge is 0.280 e. The van der Waals surface area contributed by atoms with Gasteiger partial charge in [-0.05, 0) is 30.5 Å². The van der Waals surface area contributed by atoms with Gasteiger partial charge in [-0.3, -0.25) is 14.9 Å². The van der Waals surface area contributed by atoms with Gasteiger partial charge in [-0.1, -0.05) is 54.6 Å². The number of aromatic amines is 1. The molecule has 25 heavy (non-hydrogen) atoms. The molecular formula is C21H17N3O. The van der Waals surface area contributed by atoms with Crippen LogP contribution in [0.25, 0.3) is 16.5 Å². The molecule has 0 spiro atoms. The second-order valence-corrected chi connectivity index (χ2v) is 5.88. The first-order chi connectivity index (χ1) is 12.2. The average molecular weight is 327 g/mol. The van der Waals surface area contributed by atoms with Crippen molar-refractivity contribution in [2.24, 2.45) is 4.99 Å². The summed E-state index contributed by atoms with van der Waals surface area (Å²) in [6.07, 6.45) is 1.65. The van der Waals surface area contributed by atoms with Crippen molar-refractivity contribution in [3.05, 3.63) is 94.4 Å². The quantitative estimate of drug-likeness (QED) is 0.558. The van der Waals surface area contributed by atoms with Crippen molar-refractivity contribution in [2.75, 3.05) is 0 Å². The molecule has 0 radical (unpaired) electrons. The van der Waals surface area contributed by atoms with Gasteiger partial charge < -0.3 is 0 Å².